The van der Waals surface area contributed by atoms with Gasteiger partial charge in [0.05, 0.1) is 30.4 Å². The van der Waals surface area contributed by atoms with E-state index >= 15 is 4.39 Å². The summed E-state index contributed by atoms with van der Waals surface area (Å²) in [6, 6.07) is 10.3. The van der Waals surface area contributed by atoms with E-state index in [1.165, 1.54) is 30.3 Å². The number of likely N-dealkylation sites (tertiary alicyclic amines) is 1. The van der Waals surface area contributed by atoms with Crippen molar-refractivity contribution in [2.24, 2.45) is 5.41 Å². The molecule has 5 aliphatic rings. The largest absolute Gasteiger partial charge is 0.508 e. The second-order valence-electron chi connectivity index (χ2n) is 13.9. The fourth-order valence-corrected chi connectivity index (χ4v) is 8.22. The highest BCUT2D eigenvalue weighted by Crippen LogP contribution is 2.48. The number of piperazine rings is 1. The maximum Gasteiger partial charge on any atom is 0.318 e. The number of rotatable bonds is 7. The van der Waals surface area contributed by atoms with Gasteiger partial charge in [0, 0.05) is 66.1 Å². The van der Waals surface area contributed by atoms with Crippen molar-refractivity contribution in [1.82, 2.24) is 20.2 Å². The average Bonchev–Trinajstić information content (AvgIpc) is 3.31. The van der Waals surface area contributed by atoms with E-state index in [1.807, 2.05) is 0 Å². The summed E-state index contributed by atoms with van der Waals surface area (Å²) in [4.78, 5) is 14.5. The summed E-state index contributed by atoms with van der Waals surface area (Å²) in [6.45, 7) is 4.81. The Morgan fingerprint density at radius 3 is 2.59 bits per heavy atom. The van der Waals surface area contributed by atoms with Crippen LogP contribution in [0, 0.1) is 29.4 Å². The molecule has 4 aliphatic heterocycles. The van der Waals surface area contributed by atoms with Crippen LogP contribution in [0.5, 0.6) is 11.8 Å². The molecule has 0 spiro atoms. The summed E-state index contributed by atoms with van der Waals surface area (Å²) in [5.41, 5.74) is 1.06. The van der Waals surface area contributed by atoms with Crippen LogP contribution in [-0.2, 0) is 4.74 Å². The van der Waals surface area contributed by atoms with Gasteiger partial charge < -0.3 is 24.8 Å². The molecule has 4 bridgehead atoms. The molecule has 1 saturated carbocycles. The first-order valence-corrected chi connectivity index (χ1v) is 16.3. The summed E-state index contributed by atoms with van der Waals surface area (Å²) in [6.07, 6.45) is 11.6. The molecule has 4 saturated heterocycles. The molecule has 0 radical (unpaired) electrons. The number of aromatic hydroxyl groups is 1. The minimum atomic E-state index is -0.583. The number of hydrogen-bond donors (Lipinski definition) is 2. The minimum absolute atomic E-state index is 0.0169. The SMILES string of the molecule is C#Cc1c(F)ccc2cc(O)cc(-c3cc4nc(OCC5(CN6C[C@H]7C[C@@H]6CO7)CC5)nc(N5CC6CCC(C5)N6)c4cc3F)c12. The maximum atomic E-state index is 16.2. The Bertz CT molecular complexity index is 1930. The number of anilines is 1. The minimum Gasteiger partial charge on any atom is -0.508 e. The summed E-state index contributed by atoms with van der Waals surface area (Å²) < 4.78 is 43.3. The molecule has 8 nitrogen and oxygen atoms in total. The molecule has 10 heteroatoms. The number of benzene rings is 3. The molecule has 4 atom stereocenters. The number of phenolic OH excluding ortho intramolecular Hbond substituents is 1. The van der Waals surface area contributed by atoms with Crippen molar-refractivity contribution < 1.29 is 23.4 Å². The van der Waals surface area contributed by atoms with E-state index < -0.39 is 11.6 Å². The number of aromatic nitrogens is 2. The van der Waals surface area contributed by atoms with Crippen LogP contribution in [0.2, 0.25) is 0 Å². The Labute approximate surface area is 265 Å². The van der Waals surface area contributed by atoms with E-state index in [0.717, 1.165) is 64.9 Å². The van der Waals surface area contributed by atoms with Crippen LogP contribution in [-0.4, -0.2) is 83.6 Å². The first-order valence-electron chi connectivity index (χ1n) is 16.3. The topological polar surface area (TPSA) is 83.0 Å². The van der Waals surface area contributed by atoms with Crippen molar-refractivity contribution in [3.8, 4) is 35.2 Å². The molecule has 1 aromatic heterocycles. The van der Waals surface area contributed by atoms with Crippen molar-refractivity contribution in [1.29, 1.82) is 0 Å². The molecule has 236 valence electrons. The van der Waals surface area contributed by atoms with Crippen LogP contribution in [0.15, 0.2) is 36.4 Å². The summed E-state index contributed by atoms with van der Waals surface area (Å²) in [5, 5.41) is 15.7. The Balaban J connectivity index is 1.12. The third-order valence-electron chi connectivity index (χ3n) is 10.8. The zero-order chi connectivity index (χ0) is 31.2. The van der Waals surface area contributed by atoms with Crippen molar-refractivity contribution >= 4 is 27.5 Å². The third-order valence-corrected chi connectivity index (χ3v) is 10.8. The van der Waals surface area contributed by atoms with Gasteiger partial charge in [0.2, 0.25) is 0 Å². The average molecular weight is 624 g/mol. The van der Waals surface area contributed by atoms with E-state index in [1.54, 1.807) is 6.07 Å². The van der Waals surface area contributed by atoms with Crippen molar-refractivity contribution in [3.63, 3.8) is 0 Å². The van der Waals surface area contributed by atoms with Crippen LogP contribution in [0.1, 0.15) is 37.7 Å². The van der Waals surface area contributed by atoms with E-state index in [2.05, 4.69) is 21.0 Å². The van der Waals surface area contributed by atoms with Crippen LogP contribution < -0.4 is 15.0 Å². The number of morpholine rings is 1. The number of halogens is 2. The van der Waals surface area contributed by atoms with Gasteiger partial charge in [0.1, 0.15) is 23.2 Å². The quantitative estimate of drug-likeness (QED) is 0.279. The molecule has 4 aromatic rings. The van der Waals surface area contributed by atoms with Crippen LogP contribution in [0.3, 0.4) is 0 Å². The highest BCUT2D eigenvalue weighted by molar-refractivity contribution is 6.04. The third kappa shape index (κ3) is 4.75. The van der Waals surface area contributed by atoms with E-state index in [0.29, 0.717) is 63.9 Å². The zero-order valence-corrected chi connectivity index (χ0v) is 25.4. The number of fused-ring (bicyclic) bond motifs is 6. The number of terminal acetylenes is 1. The number of phenols is 1. The lowest BCUT2D eigenvalue weighted by atomic mass is 9.93. The normalized spacial score (nSPS) is 26.2. The second-order valence-corrected chi connectivity index (χ2v) is 13.9. The van der Waals surface area contributed by atoms with Crippen LogP contribution >= 0.6 is 0 Å². The molecule has 2 N–H and O–H groups in total. The first kappa shape index (κ1) is 28.2. The van der Waals surface area contributed by atoms with Gasteiger partial charge in [-0.15, -0.1) is 6.42 Å². The molecule has 5 fully saturated rings. The molecule has 5 heterocycles. The monoisotopic (exact) mass is 623 g/mol. The Kier molecular flexibility index (Phi) is 6.43. The van der Waals surface area contributed by atoms with Gasteiger partial charge in [-0.05, 0) is 73.4 Å². The molecule has 2 unspecified atom stereocenters. The molecular weight excluding hydrogens is 588 g/mol. The predicted octanol–water partition coefficient (Wildman–Crippen LogP) is 4.99. The van der Waals surface area contributed by atoms with Crippen molar-refractivity contribution in [2.75, 3.05) is 44.3 Å². The van der Waals surface area contributed by atoms with Crippen molar-refractivity contribution in [3.05, 3.63) is 53.6 Å². The fourth-order valence-electron chi connectivity index (χ4n) is 8.22. The fraction of sp³-hybridized carbons (Fsp3) is 0.444. The number of nitrogens with zero attached hydrogens (tertiary/aromatic N) is 4. The van der Waals surface area contributed by atoms with Gasteiger partial charge in [-0.25, -0.2) is 8.78 Å². The van der Waals surface area contributed by atoms with E-state index in [9.17, 15) is 9.50 Å². The second kappa shape index (κ2) is 10.5. The van der Waals surface area contributed by atoms with Gasteiger partial charge in [-0.1, -0.05) is 12.0 Å². The Morgan fingerprint density at radius 1 is 1.04 bits per heavy atom. The van der Waals surface area contributed by atoms with E-state index in [4.69, 9.17) is 25.9 Å². The van der Waals surface area contributed by atoms with Crippen molar-refractivity contribution in [2.45, 2.75) is 56.3 Å². The standard InChI is InChI=1S/C36H35F2N5O3/c1-2-26-30(37)6-3-20-9-24(44)11-28(33(20)26)27-13-32-29(12-31(27)38)34(42-14-21-4-5-22(15-42)39-21)41-35(40-32)46-19-36(7-8-36)18-43-16-25-10-23(43)17-45-25/h1,3,6,9,11-13,21-23,25,39,44H,4-5,7-8,10,14-19H2/t21?,22?,23-,25-/m1/s1. The highest BCUT2D eigenvalue weighted by Gasteiger charge is 2.49. The van der Waals surface area contributed by atoms with Crippen LogP contribution in [0.25, 0.3) is 32.8 Å². The lowest BCUT2D eigenvalue weighted by molar-refractivity contribution is 0.0176. The summed E-state index contributed by atoms with van der Waals surface area (Å²) in [7, 11) is 0. The molecular formula is C36H35F2N5O3. The molecule has 3 aromatic carbocycles. The summed E-state index contributed by atoms with van der Waals surface area (Å²) in [5.74, 6) is 1.88. The smallest absolute Gasteiger partial charge is 0.318 e. The predicted molar refractivity (Wildman–Crippen MR) is 171 cm³/mol. The first-order chi connectivity index (χ1) is 22.3. The molecule has 9 rings (SSSR count). The number of ether oxygens (including phenoxy) is 2. The van der Waals surface area contributed by atoms with Gasteiger partial charge in [0.25, 0.3) is 0 Å². The van der Waals surface area contributed by atoms with Gasteiger partial charge in [0.15, 0.2) is 0 Å². The van der Waals surface area contributed by atoms with Gasteiger partial charge >= 0.3 is 6.01 Å². The summed E-state index contributed by atoms with van der Waals surface area (Å²) >= 11 is 0. The van der Waals surface area contributed by atoms with E-state index in [-0.39, 0.29) is 28.3 Å². The molecule has 46 heavy (non-hydrogen) atoms. The number of hydrogen-bond acceptors (Lipinski definition) is 8. The van der Waals surface area contributed by atoms with Gasteiger partial charge in [-0.3, -0.25) is 4.90 Å². The molecule has 1 aliphatic carbocycles. The lowest BCUT2D eigenvalue weighted by Gasteiger charge is -2.34. The van der Waals surface area contributed by atoms with Gasteiger partial charge in [-0.2, -0.15) is 9.97 Å². The zero-order valence-electron chi connectivity index (χ0n) is 25.4. The maximum absolute atomic E-state index is 16.2. The Morgan fingerprint density at radius 2 is 1.87 bits per heavy atom. The molecule has 0 amide bonds. The number of nitrogens with one attached hydrogen (secondary N) is 1. The Hall–Kier alpha value is -4.04. The lowest BCUT2D eigenvalue weighted by Crippen LogP contribution is -2.51. The van der Waals surface area contributed by atoms with Crippen LogP contribution in [0.4, 0.5) is 14.6 Å². The highest BCUT2D eigenvalue weighted by atomic mass is 19.1.